The van der Waals surface area contributed by atoms with Crippen molar-refractivity contribution in [3.8, 4) is 0 Å². The Hall–Kier alpha value is -1.44. The van der Waals surface area contributed by atoms with Crippen LogP contribution >= 0.6 is 0 Å². The van der Waals surface area contributed by atoms with Crippen molar-refractivity contribution in [3.05, 3.63) is 40.7 Å². The molecule has 0 radical (unpaired) electrons. The van der Waals surface area contributed by atoms with Gasteiger partial charge in [0.25, 0.3) is 0 Å². The lowest BCUT2D eigenvalue weighted by Gasteiger charge is -2.11. The van der Waals surface area contributed by atoms with E-state index >= 15 is 0 Å². The zero-order chi connectivity index (χ0) is 13.0. The Balaban J connectivity index is 2.23. The summed E-state index contributed by atoms with van der Waals surface area (Å²) in [5.74, 6) is 0.200. The summed E-state index contributed by atoms with van der Waals surface area (Å²) in [7, 11) is 0. The summed E-state index contributed by atoms with van der Waals surface area (Å²) >= 11 is 0. The van der Waals surface area contributed by atoms with Gasteiger partial charge in [-0.1, -0.05) is 18.9 Å². The quantitative estimate of drug-likeness (QED) is 0.730. The Morgan fingerprint density at radius 2 is 1.72 bits per heavy atom. The Morgan fingerprint density at radius 1 is 1.06 bits per heavy atom. The van der Waals surface area contributed by atoms with Crippen LogP contribution in [0.1, 0.15) is 60.3 Å². The number of rotatable bonds is 2. The second-order valence-corrected chi connectivity index (χ2v) is 5.15. The third-order valence-corrected chi connectivity index (χ3v) is 3.43. The third-order valence-electron chi connectivity index (χ3n) is 3.43. The van der Waals surface area contributed by atoms with Gasteiger partial charge in [0.2, 0.25) is 0 Å². The number of nitrogens with zero attached hydrogens (tertiary/aromatic N) is 1. The minimum atomic E-state index is 0.200. The standard InChI is InChI=1S/C16H21NO/c1-12-10-15(11-13(2)17-12)16(18)14-8-6-4-3-5-7-9-14/h8,10-11H,3-7,9H2,1-2H3/b14-8+. The van der Waals surface area contributed by atoms with Gasteiger partial charge in [-0.2, -0.15) is 0 Å². The van der Waals surface area contributed by atoms with E-state index < -0.39 is 0 Å². The van der Waals surface area contributed by atoms with Gasteiger partial charge in [0.15, 0.2) is 5.78 Å². The number of hydrogen-bond donors (Lipinski definition) is 0. The van der Waals surface area contributed by atoms with Gasteiger partial charge >= 0.3 is 0 Å². The number of allylic oxidation sites excluding steroid dienone is 2. The van der Waals surface area contributed by atoms with Crippen molar-refractivity contribution >= 4 is 5.78 Å². The molecule has 1 aromatic rings. The predicted octanol–water partition coefficient (Wildman–Crippen LogP) is 4.16. The van der Waals surface area contributed by atoms with Crippen LogP contribution in [0.3, 0.4) is 0 Å². The average Bonchev–Trinajstić information content (AvgIpc) is 2.26. The molecule has 2 heteroatoms. The first-order valence-corrected chi connectivity index (χ1v) is 6.86. The van der Waals surface area contributed by atoms with Crippen LogP contribution in [0.2, 0.25) is 0 Å². The molecule has 0 unspecified atom stereocenters. The number of aromatic nitrogens is 1. The molecule has 1 aromatic heterocycles. The zero-order valence-electron chi connectivity index (χ0n) is 11.3. The number of hydrogen-bond acceptors (Lipinski definition) is 2. The summed E-state index contributed by atoms with van der Waals surface area (Å²) in [5.41, 5.74) is 3.64. The van der Waals surface area contributed by atoms with Crippen molar-refractivity contribution in [2.75, 3.05) is 0 Å². The molecule has 2 nitrogen and oxygen atoms in total. The molecule has 1 aliphatic rings. The van der Waals surface area contributed by atoms with Crippen LogP contribution in [0.5, 0.6) is 0 Å². The summed E-state index contributed by atoms with van der Waals surface area (Å²) in [4.78, 5) is 16.8. The highest BCUT2D eigenvalue weighted by molar-refractivity contribution is 6.08. The molecule has 0 spiro atoms. The number of carbonyl (C=O) groups is 1. The second-order valence-electron chi connectivity index (χ2n) is 5.15. The van der Waals surface area contributed by atoms with Crippen molar-refractivity contribution in [2.24, 2.45) is 0 Å². The van der Waals surface area contributed by atoms with E-state index in [1.165, 1.54) is 19.3 Å². The van der Waals surface area contributed by atoms with Crippen LogP contribution in [0.25, 0.3) is 0 Å². The van der Waals surface area contributed by atoms with E-state index in [0.29, 0.717) is 0 Å². The highest BCUT2D eigenvalue weighted by atomic mass is 16.1. The molecule has 0 saturated heterocycles. The van der Waals surface area contributed by atoms with Gasteiger partial charge in [0, 0.05) is 17.0 Å². The molecule has 0 atom stereocenters. The van der Waals surface area contributed by atoms with E-state index in [-0.39, 0.29) is 5.78 Å². The van der Waals surface area contributed by atoms with Crippen molar-refractivity contribution in [2.45, 2.75) is 52.4 Å². The maximum atomic E-state index is 12.5. The molecule has 96 valence electrons. The maximum Gasteiger partial charge on any atom is 0.188 e. The summed E-state index contributed by atoms with van der Waals surface area (Å²) in [6.07, 6.45) is 9.02. The topological polar surface area (TPSA) is 30.0 Å². The summed E-state index contributed by atoms with van der Waals surface area (Å²) in [6, 6.07) is 3.80. The molecule has 0 bridgehead atoms. The van der Waals surface area contributed by atoms with Crippen molar-refractivity contribution in [3.63, 3.8) is 0 Å². The molecule has 1 heterocycles. The van der Waals surface area contributed by atoms with E-state index in [0.717, 1.165) is 41.8 Å². The molecule has 0 saturated carbocycles. The van der Waals surface area contributed by atoms with E-state index in [2.05, 4.69) is 11.1 Å². The SMILES string of the molecule is Cc1cc(C(=O)/C2=C/CCCCCC2)cc(C)n1. The Bertz CT molecular complexity index is 454. The first-order chi connectivity index (χ1) is 8.66. The van der Waals surface area contributed by atoms with Crippen LogP contribution in [0.4, 0.5) is 0 Å². The van der Waals surface area contributed by atoms with Gasteiger partial charge in [0.1, 0.15) is 0 Å². The normalized spacial score (nSPS) is 19.6. The van der Waals surface area contributed by atoms with Gasteiger partial charge in [-0.15, -0.1) is 0 Å². The van der Waals surface area contributed by atoms with E-state index in [9.17, 15) is 4.79 Å². The molecule has 2 rings (SSSR count). The third kappa shape index (κ3) is 3.28. The molecule has 18 heavy (non-hydrogen) atoms. The molecular weight excluding hydrogens is 222 g/mol. The van der Waals surface area contributed by atoms with E-state index in [4.69, 9.17) is 0 Å². The minimum Gasteiger partial charge on any atom is -0.289 e. The maximum absolute atomic E-state index is 12.5. The van der Waals surface area contributed by atoms with Crippen LogP contribution in [-0.4, -0.2) is 10.8 Å². The minimum absolute atomic E-state index is 0.200. The molecule has 0 amide bonds. The van der Waals surface area contributed by atoms with E-state index in [1.54, 1.807) is 0 Å². The Kier molecular flexibility index (Phi) is 4.29. The lowest BCUT2D eigenvalue weighted by molar-refractivity contribution is 0.102. The highest BCUT2D eigenvalue weighted by Crippen LogP contribution is 2.21. The monoisotopic (exact) mass is 243 g/mol. The average molecular weight is 243 g/mol. The molecule has 0 fully saturated rings. The van der Waals surface area contributed by atoms with Gasteiger partial charge in [0.05, 0.1) is 0 Å². The highest BCUT2D eigenvalue weighted by Gasteiger charge is 2.14. The van der Waals surface area contributed by atoms with Crippen LogP contribution in [0.15, 0.2) is 23.8 Å². The Morgan fingerprint density at radius 3 is 2.44 bits per heavy atom. The van der Waals surface area contributed by atoms with Gasteiger partial charge in [-0.25, -0.2) is 0 Å². The Labute approximate surface area is 109 Å². The number of carbonyl (C=O) groups excluding carboxylic acids is 1. The van der Waals surface area contributed by atoms with Crippen molar-refractivity contribution < 1.29 is 4.79 Å². The fourth-order valence-electron chi connectivity index (χ4n) is 2.55. The molecule has 1 aliphatic carbocycles. The first kappa shape index (κ1) is 13.0. The van der Waals surface area contributed by atoms with Crippen molar-refractivity contribution in [1.82, 2.24) is 4.98 Å². The van der Waals surface area contributed by atoms with Gasteiger partial charge in [-0.3, -0.25) is 9.78 Å². The predicted molar refractivity (Wildman–Crippen MR) is 73.8 cm³/mol. The fourth-order valence-corrected chi connectivity index (χ4v) is 2.55. The summed E-state index contributed by atoms with van der Waals surface area (Å²) in [5, 5.41) is 0. The lowest BCUT2D eigenvalue weighted by Crippen LogP contribution is -2.06. The number of Topliss-reactive ketones (excluding diaryl/α,β-unsaturated/α-hetero) is 1. The molecule has 0 N–H and O–H groups in total. The molecule has 0 aromatic carbocycles. The lowest BCUT2D eigenvalue weighted by atomic mass is 9.94. The molecular formula is C16H21NO. The first-order valence-electron chi connectivity index (χ1n) is 6.86. The van der Waals surface area contributed by atoms with Gasteiger partial charge < -0.3 is 0 Å². The number of ketones is 1. The largest absolute Gasteiger partial charge is 0.289 e. The summed E-state index contributed by atoms with van der Waals surface area (Å²) < 4.78 is 0. The van der Waals surface area contributed by atoms with Crippen LogP contribution in [0, 0.1) is 13.8 Å². The van der Waals surface area contributed by atoms with Crippen molar-refractivity contribution in [1.29, 1.82) is 0 Å². The molecule has 0 aliphatic heterocycles. The fraction of sp³-hybridized carbons (Fsp3) is 0.500. The zero-order valence-corrected chi connectivity index (χ0v) is 11.3. The summed E-state index contributed by atoms with van der Waals surface area (Å²) in [6.45, 7) is 3.88. The second kappa shape index (κ2) is 5.94. The van der Waals surface area contributed by atoms with Crippen LogP contribution < -0.4 is 0 Å². The smallest absolute Gasteiger partial charge is 0.188 e. The number of aryl methyl sites for hydroxylation is 2. The number of pyridine rings is 1. The van der Waals surface area contributed by atoms with Crippen LogP contribution in [-0.2, 0) is 0 Å². The van der Waals surface area contributed by atoms with Gasteiger partial charge in [-0.05, 0) is 57.2 Å². The van der Waals surface area contributed by atoms with E-state index in [1.807, 2.05) is 26.0 Å².